The Morgan fingerprint density at radius 3 is 2.39 bits per heavy atom. The Hall–Kier alpha value is -0.610. The second kappa shape index (κ2) is 7.74. The van der Waals surface area contributed by atoms with Crippen molar-refractivity contribution in [3.05, 3.63) is 0 Å². The number of hydrogen-bond acceptors (Lipinski definition) is 3. The number of hydrogen-bond donors (Lipinski definition) is 2. The van der Waals surface area contributed by atoms with Crippen LogP contribution in [0.25, 0.3) is 0 Å². The quantitative estimate of drug-likeness (QED) is 0.753. The number of carbonyl (C=O) groups is 1. The molecule has 0 spiro atoms. The molecule has 1 unspecified atom stereocenters. The predicted molar refractivity (Wildman–Crippen MR) is 75.3 cm³/mol. The number of nitrogens with two attached hydrogens (primary N) is 1. The molecule has 18 heavy (non-hydrogen) atoms. The molecule has 0 saturated carbocycles. The summed E-state index contributed by atoms with van der Waals surface area (Å²) < 4.78 is 0. The van der Waals surface area contributed by atoms with Crippen LogP contribution in [-0.4, -0.2) is 42.5 Å². The van der Waals surface area contributed by atoms with E-state index in [4.69, 9.17) is 5.73 Å². The van der Waals surface area contributed by atoms with Crippen molar-refractivity contribution < 1.29 is 4.79 Å². The van der Waals surface area contributed by atoms with E-state index in [2.05, 4.69) is 31.0 Å². The third-order valence-corrected chi connectivity index (χ3v) is 3.65. The minimum atomic E-state index is -0.362. The molecular formula is C14H29N3O. The Labute approximate surface area is 111 Å². The lowest BCUT2D eigenvalue weighted by atomic mass is 10.0. The van der Waals surface area contributed by atoms with Gasteiger partial charge in [0.1, 0.15) is 0 Å². The molecule has 4 nitrogen and oxygen atoms in total. The molecule has 1 heterocycles. The van der Waals surface area contributed by atoms with E-state index in [-0.39, 0.29) is 11.9 Å². The summed E-state index contributed by atoms with van der Waals surface area (Å²) in [6.45, 7) is 9.39. The summed E-state index contributed by atoms with van der Waals surface area (Å²) in [5, 5.41) is 2.98. The smallest absolute Gasteiger partial charge is 0.236 e. The van der Waals surface area contributed by atoms with Gasteiger partial charge in [-0.3, -0.25) is 9.69 Å². The van der Waals surface area contributed by atoms with Gasteiger partial charge in [0.15, 0.2) is 0 Å². The summed E-state index contributed by atoms with van der Waals surface area (Å²) in [5.41, 5.74) is 5.86. The van der Waals surface area contributed by atoms with Crippen LogP contribution in [0.5, 0.6) is 0 Å². The van der Waals surface area contributed by atoms with Gasteiger partial charge < -0.3 is 11.1 Å². The lowest BCUT2D eigenvalue weighted by Crippen LogP contribution is -2.48. The molecule has 0 aromatic carbocycles. The van der Waals surface area contributed by atoms with E-state index in [0.717, 1.165) is 19.5 Å². The maximum Gasteiger partial charge on any atom is 0.236 e. The van der Waals surface area contributed by atoms with E-state index < -0.39 is 0 Å². The second-order valence-corrected chi connectivity index (χ2v) is 5.93. The van der Waals surface area contributed by atoms with Gasteiger partial charge in [-0.15, -0.1) is 0 Å². The monoisotopic (exact) mass is 255 g/mol. The van der Waals surface area contributed by atoms with Crippen LogP contribution in [0.3, 0.4) is 0 Å². The molecule has 1 saturated heterocycles. The lowest BCUT2D eigenvalue weighted by molar-refractivity contribution is -0.122. The highest BCUT2D eigenvalue weighted by Gasteiger charge is 2.19. The van der Waals surface area contributed by atoms with Crippen LogP contribution in [0, 0.1) is 5.92 Å². The third kappa shape index (κ3) is 5.36. The highest BCUT2D eigenvalue weighted by atomic mass is 16.2. The van der Waals surface area contributed by atoms with Crippen LogP contribution in [0.2, 0.25) is 0 Å². The lowest BCUT2D eigenvalue weighted by Gasteiger charge is -2.32. The Kier molecular flexibility index (Phi) is 6.65. The third-order valence-electron chi connectivity index (χ3n) is 3.65. The predicted octanol–water partition coefficient (Wildman–Crippen LogP) is 1.35. The first-order valence-corrected chi connectivity index (χ1v) is 7.28. The average molecular weight is 255 g/mol. The fourth-order valence-corrected chi connectivity index (χ4v) is 2.48. The molecule has 1 aliphatic heterocycles. The second-order valence-electron chi connectivity index (χ2n) is 5.93. The van der Waals surface area contributed by atoms with Crippen molar-refractivity contribution in [2.75, 3.05) is 19.6 Å². The number of nitrogens with one attached hydrogen (secondary N) is 1. The summed E-state index contributed by atoms with van der Waals surface area (Å²) in [6.07, 6.45) is 4.66. The van der Waals surface area contributed by atoms with Gasteiger partial charge in [-0.2, -0.15) is 0 Å². The first-order valence-electron chi connectivity index (χ1n) is 7.28. The molecule has 1 aliphatic rings. The van der Waals surface area contributed by atoms with Crippen LogP contribution in [0.15, 0.2) is 0 Å². The fourth-order valence-electron chi connectivity index (χ4n) is 2.48. The first-order chi connectivity index (χ1) is 8.50. The van der Waals surface area contributed by atoms with E-state index in [0.29, 0.717) is 18.5 Å². The van der Waals surface area contributed by atoms with E-state index in [1.165, 1.54) is 19.3 Å². The Balaban J connectivity index is 2.24. The molecule has 3 N–H and O–H groups in total. The van der Waals surface area contributed by atoms with Crippen LogP contribution in [0.4, 0.5) is 0 Å². The van der Waals surface area contributed by atoms with Gasteiger partial charge in [-0.25, -0.2) is 0 Å². The zero-order chi connectivity index (χ0) is 13.5. The van der Waals surface area contributed by atoms with Crippen molar-refractivity contribution in [1.29, 1.82) is 0 Å². The Morgan fingerprint density at radius 1 is 1.22 bits per heavy atom. The molecule has 0 radical (unpaired) electrons. The molecule has 0 aromatic heterocycles. The number of carbonyl (C=O) groups excluding carboxylic acids is 1. The van der Waals surface area contributed by atoms with Crippen molar-refractivity contribution in [2.45, 2.75) is 58.5 Å². The molecule has 0 aromatic rings. The SMILES string of the molecule is CC(C)C[C@H](N)C(=O)NCC(C)N1CCCCC1. The van der Waals surface area contributed by atoms with Crippen LogP contribution < -0.4 is 11.1 Å². The van der Waals surface area contributed by atoms with Crippen molar-refractivity contribution in [3.8, 4) is 0 Å². The number of likely N-dealkylation sites (tertiary alicyclic amines) is 1. The summed E-state index contributed by atoms with van der Waals surface area (Å²) >= 11 is 0. The van der Waals surface area contributed by atoms with Crippen LogP contribution >= 0.6 is 0 Å². The number of amides is 1. The molecule has 1 rings (SSSR count). The van der Waals surface area contributed by atoms with Gasteiger partial charge in [0.25, 0.3) is 0 Å². The van der Waals surface area contributed by atoms with Crippen molar-refractivity contribution in [1.82, 2.24) is 10.2 Å². The van der Waals surface area contributed by atoms with Gasteiger partial charge in [-0.1, -0.05) is 20.3 Å². The van der Waals surface area contributed by atoms with Gasteiger partial charge in [0.05, 0.1) is 6.04 Å². The summed E-state index contributed by atoms with van der Waals surface area (Å²) in [5.74, 6) is 0.456. The van der Waals surface area contributed by atoms with Crippen LogP contribution in [0.1, 0.15) is 46.5 Å². The normalized spacial score (nSPS) is 20.7. The van der Waals surface area contributed by atoms with Crippen LogP contribution in [-0.2, 0) is 4.79 Å². The topological polar surface area (TPSA) is 58.4 Å². The van der Waals surface area contributed by atoms with Crippen molar-refractivity contribution >= 4 is 5.91 Å². The summed E-state index contributed by atoms with van der Waals surface area (Å²) in [6, 6.07) is 0.0547. The number of rotatable bonds is 6. The molecule has 106 valence electrons. The molecule has 1 fully saturated rings. The van der Waals surface area contributed by atoms with Gasteiger partial charge in [0.2, 0.25) is 5.91 Å². The van der Waals surface area contributed by atoms with Gasteiger partial charge in [0, 0.05) is 12.6 Å². The van der Waals surface area contributed by atoms with Crippen molar-refractivity contribution in [3.63, 3.8) is 0 Å². The largest absolute Gasteiger partial charge is 0.353 e. The average Bonchev–Trinajstić information content (AvgIpc) is 2.35. The molecule has 4 heteroatoms. The maximum atomic E-state index is 11.8. The standard InChI is InChI=1S/C14H29N3O/c1-11(2)9-13(15)14(18)16-10-12(3)17-7-5-4-6-8-17/h11-13H,4-10,15H2,1-3H3,(H,16,18)/t12?,13-/m0/s1. The van der Waals surface area contributed by atoms with E-state index in [9.17, 15) is 4.79 Å². The zero-order valence-corrected chi connectivity index (χ0v) is 12.1. The molecule has 0 bridgehead atoms. The maximum absolute atomic E-state index is 11.8. The zero-order valence-electron chi connectivity index (χ0n) is 12.1. The van der Waals surface area contributed by atoms with E-state index >= 15 is 0 Å². The van der Waals surface area contributed by atoms with E-state index in [1.54, 1.807) is 0 Å². The van der Waals surface area contributed by atoms with Gasteiger partial charge in [-0.05, 0) is 45.2 Å². The fraction of sp³-hybridized carbons (Fsp3) is 0.929. The first kappa shape index (κ1) is 15.4. The molecule has 2 atom stereocenters. The minimum Gasteiger partial charge on any atom is -0.353 e. The van der Waals surface area contributed by atoms with Crippen molar-refractivity contribution in [2.24, 2.45) is 11.7 Å². The summed E-state index contributed by atoms with van der Waals surface area (Å²) in [7, 11) is 0. The minimum absolute atomic E-state index is 0.00689. The Bertz CT molecular complexity index is 249. The molecule has 0 aliphatic carbocycles. The van der Waals surface area contributed by atoms with E-state index in [1.807, 2.05) is 0 Å². The number of nitrogens with zero attached hydrogens (tertiary/aromatic N) is 1. The Morgan fingerprint density at radius 2 is 1.83 bits per heavy atom. The molecule has 1 amide bonds. The summed E-state index contributed by atoms with van der Waals surface area (Å²) in [4.78, 5) is 14.3. The highest BCUT2D eigenvalue weighted by molar-refractivity contribution is 5.81. The highest BCUT2D eigenvalue weighted by Crippen LogP contribution is 2.11. The van der Waals surface area contributed by atoms with Gasteiger partial charge >= 0.3 is 0 Å². The number of piperidine rings is 1. The molecular weight excluding hydrogens is 226 g/mol.